The third kappa shape index (κ3) is 2.91. The molecule has 0 bridgehead atoms. The fourth-order valence-corrected chi connectivity index (χ4v) is 2.22. The lowest BCUT2D eigenvalue weighted by Crippen LogP contribution is -2.31. The van der Waals surface area contributed by atoms with Crippen molar-refractivity contribution in [2.75, 3.05) is 6.54 Å². The molecule has 0 spiro atoms. The van der Waals surface area contributed by atoms with Crippen molar-refractivity contribution in [1.29, 1.82) is 0 Å². The predicted molar refractivity (Wildman–Crippen MR) is 78.2 cm³/mol. The third-order valence-corrected chi connectivity index (χ3v) is 3.46. The number of carbonyl (C=O) groups is 1. The van der Waals surface area contributed by atoms with E-state index in [4.69, 9.17) is 10.2 Å². The second-order valence-electron chi connectivity index (χ2n) is 4.68. The Labute approximate surface area is 119 Å². The zero-order valence-electron chi connectivity index (χ0n) is 11.9. The summed E-state index contributed by atoms with van der Waals surface area (Å²) in [5, 5.41) is 0. The molecule has 0 aliphatic carbocycles. The largest absolute Gasteiger partial charge is 0.469 e. The SMILES string of the molecule is CCN(Cc1ccccc1CN)C(=O)c1ccoc1C. The van der Waals surface area contributed by atoms with E-state index in [1.165, 1.54) is 0 Å². The average Bonchev–Trinajstić information content (AvgIpc) is 2.90. The van der Waals surface area contributed by atoms with Crippen molar-refractivity contribution in [2.24, 2.45) is 5.73 Å². The molecule has 0 fully saturated rings. The second-order valence-corrected chi connectivity index (χ2v) is 4.68. The maximum Gasteiger partial charge on any atom is 0.257 e. The molecule has 0 radical (unpaired) electrons. The Morgan fingerprint density at radius 1 is 1.25 bits per heavy atom. The third-order valence-electron chi connectivity index (χ3n) is 3.46. The van der Waals surface area contributed by atoms with Crippen LogP contribution in [-0.4, -0.2) is 17.4 Å². The van der Waals surface area contributed by atoms with Crippen LogP contribution in [0, 0.1) is 6.92 Å². The van der Waals surface area contributed by atoms with E-state index < -0.39 is 0 Å². The maximum atomic E-state index is 12.5. The van der Waals surface area contributed by atoms with Crippen LogP contribution in [0.2, 0.25) is 0 Å². The number of aryl methyl sites for hydroxylation is 1. The van der Waals surface area contributed by atoms with E-state index in [0.717, 1.165) is 11.1 Å². The Kier molecular flexibility index (Phi) is 4.58. The van der Waals surface area contributed by atoms with E-state index in [-0.39, 0.29) is 5.91 Å². The molecular weight excluding hydrogens is 252 g/mol. The molecule has 0 saturated carbocycles. The van der Waals surface area contributed by atoms with Crippen LogP contribution < -0.4 is 5.73 Å². The van der Waals surface area contributed by atoms with Gasteiger partial charge in [0, 0.05) is 19.6 Å². The van der Waals surface area contributed by atoms with E-state index in [9.17, 15) is 4.79 Å². The zero-order valence-corrected chi connectivity index (χ0v) is 11.9. The van der Waals surface area contributed by atoms with E-state index in [1.54, 1.807) is 24.2 Å². The topological polar surface area (TPSA) is 59.5 Å². The summed E-state index contributed by atoms with van der Waals surface area (Å²) in [7, 11) is 0. The Bertz CT molecular complexity index is 590. The number of amides is 1. The lowest BCUT2D eigenvalue weighted by atomic mass is 10.1. The molecule has 0 aliphatic rings. The molecule has 0 unspecified atom stereocenters. The summed E-state index contributed by atoms with van der Waals surface area (Å²) in [6, 6.07) is 9.66. The minimum Gasteiger partial charge on any atom is -0.469 e. The van der Waals surface area contributed by atoms with E-state index in [0.29, 0.717) is 31.0 Å². The number of nitrogens with two attached hydrogens (primary N) is 1. The maximum absolute atomic E-state index is 12.5. The summed E-state index contributed by atoms with van der Waals surface area (Å²) >= 11 is 0. The highest BCUT2D eigenvalue weighted by molar-refractivity contribution is 5.95. The van der Waals surface area contributed by atoms with Crippen LogP contribution in [0.5, 0.6) is 0 Å². The Hall–Kier alpha value is -2.07. The van der Waals surface area contributed by atoms with Crippen molar-refractivity contribution >= 4 is 5.91 Å². The van der Waals surface area contributed by atoms with Crippen LogP contribution >= 0.6 is 0 Å². The van der Waals surface area contributed by atoms with Crippen molar-refractivity contribution in [1.82, 2.24) is 4.90 Å². The highest BCUT2D eigenvalue weighted by atomic mass is 16.3. The van der Waals surface area contributed by atoms with Crippen molar-refractivity contribution in [3.8, 4) is 0 Å². The first-order chi connectivity index (χ1) is 9.67. The molecule has 4 heteroatoms. The Balaban J connectivity index is 2.21. The monoisotopic (exact) mass is 272 g/mol. The van der Waals surface area contributed by atoms with E-state index in [1.807, 2.05) is 31.2 Å². The fraction of sp³-hybridized carbons (Fsp3) is 0.312. The molecular formula is C16H20N2O2. The lowest BCUT2D eigenvalue weighted by Gasteiger charge is -2.22. The molecule has 1 amide bonds. The van der Waals surface area contributed by atoms with Gasteiger partial charge in [-0.1, -0.05) is 24.3 Å². The van der Waals surface area contributed by atoms with Crippen LogP contribution in [0.4, 0.5) is 0 Å². The normalized spacial score (nSPS) is 10.6. The van der Waals surface area contributed by atoms with Gasteiger partial charge in [-0.2, -0.15) is 0 Å². The molecule has 106 valence electrons. The smallest absolute Gasteiger partial charge is 0.257 e. The molecule has 20 heavy (non-hydrogen) atoms. The van der Waals surface area contributed by atoms with Crippen LogP contribution in [0.25, 0.3) is 0 Å². The number of carbonyl (C=O) groups excluding carboxylic acids is 1. The van der Waals surface area contributed by atoms with E-state index in [2.05, 4.69) is 0 Å². The summed E-state index contributed by atoms with van der Waals surface area (Å²) < 4.78 is 5.21. The number of rotatable bonds is 5. The van der Waals surface area contributed by atoms with Crippen LogP contribution in [0.1, 0.15) is 34.2 Å². The first-order valence-electron chi connectivity index (χ1n) is 6.77. The van der Waals surface area contributed by atoms with Gasteiger partial charge in [-0.15, -0.1) is 0 Å². The van der Waals surface area contributed by atoms with Gasteiger partial charge in [0.05, 0.1) is 11.8 Å². The molecule has 0 atom stereocenters. The molecule has 2 rings (SSSR count). The minimum atomic E-state index is -0.00873. The summed E-state index contributed by atoms with van der Waals surface area (Å²) in [5.41, 5.74) is 8.53. The molecule has 1 aromatic heterocycles. The number of benzene rings is 1. The first-order valence-corrected chi connectivity index (χ1v) is 6.77. The van der Waals surface area contributed by atoms with Gasteiger partial charge in [-0.05, 0) is 31.0 Å². The van der Waals surface area contributed by atoms with Crippen LogP contribution in [-0.2, 0) is 13.1 Å². The van der Waals surface area contributed by atoms with Crippen LogP contribution in [0.3, 0.4) is 0 Å². The molecule has 0 aliphatic heterocycles. The molecule has 2 aromatic rings. The Morgan fingerprint density at radius 3 is 2.50 bits per heavy atom. The molecule has 4 nitrogen and oxygen atoms in total. The van der Waals surface area contributed by atoms with Crippen molar-refractivity contribution < 1.29 is 9.21 Å². The summed E-state index contributed by atoms with van der Waals surface area (Å²) in [5.74, 6) is 0.645. The zero-order chi connectivity index (χ0) is 14.5. The summed E-state index contributed by atoms with van der Waals surface area (Å²) in [6.45, 7) is 5.45. The summed E-state index contributed by atoms with van der Waals surface area (Å²) in [4.78, 5) is 14.3. The lowest BCUT2D eigenvalue weighted by molar-refractivity contribution is 0.0750. The standard InChI is InChI=1S/C16H20N2O2/c1-3-18(16(19)15-8-9-20-12(15)2)11-14-7-5-4-6-13(14)10-17/h4-9H,3,10-11,17H2,1-2H3. The number of hydrogen-bond acceptors (Lipinski definition) is 3. The van der Waals surface area contributed by atoms with Crippen molar-refractivity contribution in [3.63, 3.8) is 0 Å². The highest BCUT2D eigenvalue weighted by Crippen LogP contribution is 2.16. The van der Waals surface area contributed by atoms with Gasteiger partial charge in [0.1, 0.15) is 5.76 Å². The molecule has 1 heterocycles. The predicted octanol–water partition coefficient (Wildman–Crippen LogP) is 2.71. The number of nitrogens with zero attached hydrogens (tertiary/aromatic N) is 1. The van der Waals surface area contributed by atoms with Gasteiger partial charge in [-0.25, -0.2) is 0 Å². The quantitative estimate of drug-likeness (QED) is 0.910. The first kappa shape index (κ1) is 14.3. The fourth-order valence-electron chi connectivity index (χ4n) is 2.22. The van der Waals surface area contributed by atoms with Gasteiger partial charge < -0.3 is 15.1 Å². The van der Waals surface area contributed by atoms with Crippen LogP contribution in [0.15, 0.2) is 41.0 Å². The van der Waals surface area contributed by atoms with Crippen molar-refractivity contribution in [3.05, 3.63) is 59.0 Å². The second kappa shape index (κ2) is 6.39. The average molecular weight is 272 g/mol. The molecule has 0 saturated heterocycles. The van der Waals surface area contributed by atoms with E-state index >= 15 is 0 Å². The highest BCUT2D eigenvalue weighted by Gasteiger charge is 2.18. The Morgan fingerprint density at radius 2 is 1.95 bits per heavy atom. The van der Waals surface area contributed by atoms with Gasteiger partial charge in [0.2, 0.25) is 0 Å². The molecule has 2 N–H and O–H groups in total. The number of hydrogen-bond donors (Lipinski definition) is 1. The summed E-state index contributed by atoms with van der Waals surface area (Å²) in [6.07, 6.45) is 1.55. The number of furan rings is 1. The van der Waals surface area contributed by atoms with Gasteiger partial charge >= 0.3 is 0 Å². The van der Waals surface area contributed by atoms with Crippen molar-refractivity contribution in [2.45, 2.75) is 26.9 Å². The minimum absolute atomic E-state index is 0.00873. The van der Waals surface area contributed by atoms with Gasteiger partial charge in [0.25, 0.3) is 5.91 Å². The molecule has 1 aromatic carbocycles. The van der Waals surface area contributed by atoms with Gasteiger partial charge in [-0.3, -0.25) is 4.79 Å². The van der Waals surface area contributed by atoms with Gasteiger partial charge in [0.15, 0.2) is 0 Å².